The van der Waals surface area contributed by atoms with Crippen LogP contribution in [0.2, 0.25) is 0 Å². The SMILES string of the molecule is CNC(C)C1(C)CCCCO1. The molecule has 0 aromatic carbocycles. The lowest BCUT2D eigenvalue weighted by molar-refractivity contribution is -0.0834. The summed E-state index contributed by atoms with van der Waals surface area (Å²) in [6.45, 7) is 5.32. The molecule has 0 amide bonds. The quantitative estimate of drug-likeness (QED) is 0.656. The summed E-state index contributed by atoms with van der Waals surface area (Å²) < 4.78 is 5.76. The molecule has 2 atom stereocenters. The van der Waals surface area contributed by atoms with E-state index in [-0.39, 0.29) is 5.60 Å². The maximum absolute atomic E-state index is 5.76. The van der Waals surface area contributed by atoms with Gasteiger partial charge in [-0.05, 0) is 40.2 Å². The standard InChI is InChI=1S/C9H19NO/c1-8(10-3)9(2)6-4-5-7-11-9/h8,10H,4-7H2,1-3H3. The molecule has 11 heavy (non-hydrogen) atoms. The molecule has 2 heteroatoms. The average Bonchev–Trinajstić information content (AvgIpc) is 2.04. The van der Waals surface area contributed by atoms with Gasteiger partial charge in [0.25, 0.3) is 0 Å². The number of rotatable bonds is 2. The molecule has 1 rings (SSSR count). The highest BCUT2D eigenvalue weighted by Crippen LogP contribution is 2.27. The third kappa shape index (κ3) is 1.94. The minimum absolute atomic E-state index is 0.0764. The van der Waals surface area contributed by atoms with Crippen molar-refractivity contribution in [2.75, 3.05) is 13.7 Å². The first-order chi connectivity index (χ1) is 5.19. The number of ether oxygens (including phenoxy) is 1. The van der Waals surface area contributed by atoms with Gasteiger partial charge in [0.1, 0.15) is 0 Å². The minimum atomic E-state index is 0.0764. The van der Waals surface area contributed by atoms with Gasteiger partial charge < -0.3 is 10.1 Å². The summed E-state index contributed by atoms with van der Waals surface area (Å²) in [6, 6.07) is 0.461. The molecule has 0 aromatic rings. The molecule has 0 spiro atoms. The Hall–Kier alpha value is -0.0800. The normalized spacial score (nSPS) is 35.2. The van der Waals surface area contributed by atoms with E-state index in [2.05, 4.69) is 19.2 Å². The molecular weight excluding hydrogens is 138 g/mol. The first kappa shape index (κ1) is 9.01. The molecule has 1 fully saturated rings. The van der Waals surface area contributed by atoms with Gasteiger partial charge in [-0.15, -0.1) is 0 Å². The van der Waals surface area contributed by atoms with E-state index < -0.39 is 0 Å². The molecule has 66 valence electrons. The van der Waals surface area contributed by atoms with Gasteiger partial charge in [0.05, 0.1) is 5.60 Å². The summed E-state index contributed by atoms with van der Waals surface area (Å²) >= 11 is 0. The second-order valence-corrected chi connectivity index (χ2v) is 3.63. The highest BCUT2D eigenvalue weighted by Gasteiger charge is 2.32. The number of hydrogen-bond donors (Lipinski definition) is 1. The summed E-state index contributed by atoms with van der Waals surface area (Å²) in [4.78, 5) is 0. The van der Waals surface area contributed by atoms with E-state index in [0.717, 1.165) is 6.61 Å². The highest BCUT2D eigenvalue weighted by atomic mass is 16.5. The van der Waals surface area contributed by atoms with Crippen LogP contribution in [0.1, 0.15) is 33.1 Å². The zero-order valence-corrected chi connectivity index (χ0v) is 7.81. The van der Waals surface area contributed by atoms with E-state index in [0.29, 0.717) is 6.04 Å². The number of hydrogen-bond acceptors (Lipinski definition) is 2. The molecule has 1 N–H and O–H groups in total. The van der Waals surface area contributed by atoms with Crippen molar-refractivity contribution >= 4 is 0 Å². The van der Waals surface area contributed by atoms with Crippen molar-refractivity contribution in [3.05, 3.63) is 0 Å². The van der Waals surface area contributed by atoms with E-state index in [1.54, 1.807) is 0 Å². The van der Waals surface area contributed by atoms with Crippen molar-refractivity contribution in [2.45, 2.75) is 44.8 Å². The van der Waals surface area contributed by atoms with E-state index >= 15 is 0 Å². The van der Waals surface area contributed by atoms with Crippen molar-refractivity contribution in [1.29, 1.82) is 0 Å². The third-order valence-corrected chi connectivity index (χ3v) is 2.85. The summed E-state index contributed by atoms with van der Waals surface area (Å²) in [6.07, 6.45) is 3.73. The molecule has 0 aromatic heterocycles. The van der Waals surface area contributed by atoms with Crippen LogP contribution >= 0.6 is 0 Å². The first-order valence-electron chi connectivity index (χ1n) is 4.50. The fraction of sp³-hybridized carbons (Fsp3) is 1.00. The van der Waals surface area contributed by atoms with Gasteiger partial charge in [0.15, 0.2) is 0 Å². The monoisotopic (exact) mass is 157 g/mol. The maximum Gasteiger partial charge on any atom is 0.0803 e. The van der Waals surface area contributed by atoms with Gasteiger partial charge in [-0.1, -0.05) is 0 Å². The second kappa shape index (κ2) is 3.55. The molecule has 1 aliphatic rings. The zero-order chi connectivity index (χ0) is 8.32. The fourth-order valence-electron chi connectivity index (χ4n) is 1.60. The van der Waals surface area contributed by atoms with Crippen LogP contribution in [-0.2, 0) is 4.74 Å². The van der Waals surface area contributed by atoms with Crippen LogP contribution in [0.5, 0.6) is 0 Å². The Morgan fingerprint density at radius 3 is 2.64 bits per heavy atom. The van der Waals surface area contributed by atoms with Crippen LogP contribution < -0.4 is 5.32 Å². The van der Waals surface area contributed by atoms with Gasteiger partial charge >= 0.3 is 0 Å². The molecular formula is C9H19NO. The van der Waals surface area contributed by atoms with E-state index in [1.807, 2.05) is 7.05 Å². The van der Waals surface area contributed by atoms with Crippen LogP contribution in [0.25, 0.3) is 0 Å². The highest BCUT2D eigenvalue weighted by molar-refractivity contribution is 4.87. The molecule has 1 saturated heterocycles. The Balaban J connectivity index is 2.49. The van der Waals surface area contributed by atoms with Crippen molar-refractivity contribution in [3.8, 4) is 0 Å². The first-order valence-corrected chi connectivity index (χ1v) is 4.50. The zero-order valence-electron chi connectivity index (χ0n) is 7.81. The fourth-order valence-corrected chi connectivity index (χ4v) is 1.60. The lowest BCUT2D eigenvalue weighted by Crippen LogP contribution is -2.49. The Labute approximate surface area is 69.3 Å². The van der Waals surface area contributed by atoms with Gasteiger partial charge in [-0.25, -0.2) is 0 Å². The molecule has 2 unspecified atom stereocenters. The second-order valence-electron chi connectivity index (χ2n) is 3.63. The topological polar surface area (TPSA) is 21.3 Å². The smallest absolute Gasteiger partial charge is 0.0803 e. The molecule has 2 nitrogen and oxygen atoms in total. The summed E-state index contributed by atoms with van der Waals surface area (Å²) in [5.74, 6) is 0. The Morgan fingerprint density at radius 1 is 1.45 bits per heavy atom. The van der Waals surface area contributed by atoms with Crippen LogP contribution in [0.15, 0.2) is 0 Å². The van der Waals surface area contributed by atoms with Crippen LogP contribution in [0.3, 0.4) is 0 Å². The van der Waals surface area contributed by atoms with Gasteiger partial charge in [-0.2, -0.15) is 0 Å². The average molecular weight is 157 g/mol. The van der Waals surface area contributed by atoms with Crippen molar-refractivity contribution in [1.82, 2.24) is 5.32 Å². The predicted molar refractivity (Wildman–Crippen MR) is 46.7 cm³/mol. The molecule has 1 aliphatic heterocycles. The molecule has 0 radical (unpaired) electrons. The largest absolute Gasteiger partial charge is 0.374 e. The summed E-state index contributed by atoms with van der Waals surface area (Å²) in [7, 11) is 1.99. The number of nitrogens with one attached hydrogen (secondary N) is 1. The Kier molecular flexibility index (Phi) is 2.90. The van der Waals surface area contributed by atoms with Crippen molar-refractivity contribution < 1.29 is 4.74 Å². The molecule has 0 saturated carbocycles. The van der Waals surface area contributed by atoms with Gasteiger partial charge in [0.2, 0.25) is 0 Å². The lowest BCUT2D eigenvalue weighted by atomic mass is 9.89. The minimum Gasteiger partial charge on any atom is -0.374 e. The van der Waals surface area contributed by atoms with Crippen molar-refractivity contribution in [2.24, 2.45) is 0 Å². The van der Waals surface area contributed by atoms with E-state index in [1.165, 1.54) is 19.3 Å². The molecule has 0 bridgehead atoms. The molecule has 0 aliphatic carbocycles. The van der Waals surface area contributed by atoms with Crippen LogP contribution in [0, 0.1) is 0 Å². The Morgan fingerprint density at radius 2 is 2.18 bits per heavy atom. The Bertz CT molecular complexity index is 119. The number of likely N-dealkylation sites (N-methyl/N-ethyl adjacent to an activating group) is 1. The van der Waals surface area contributed by atoms with Crippen molar-refractivity contribution in [3.63, 3.8) is 0 Å². The molecule has 1 heterocycles. The van der Waals surface area contributed by atoms with Gasteiger partial charge in [-0.3, -0.25) is 0 Å². The van der Waals surface area contributed by atoms with E-state index in [9.17, 15) is 0 Å². The lowest BCUT2D eigenvalue weighted by Gasteiger charge is -2.38. The van der Waals surface area contributed by atoms with Gasteiger partial charge in [0, 0.05) is 12.6 Å². The summed E-state index contributed by atoms with van der Waals surface area (Å²) in [5.41, 5.74) is 0.0764. The third-order valence-electron chi connectivity index (χ3n) is 2.85. The van der Waals surface area contributed by atoms with Crippen LogP contribution in [0.4, 0.5) is 0 Å². The summed E-state index contributed by atoms with van der Waals surface area (Å²) in [5, 5.41) is 3.25. The van der Waals surface area contributed by atoms with Crippen LogP contribution in [-0.4, -0.2) is 25.3 Å². The maximum atomic E-state index is 5.76. The van der Waals surface area contributed by atoms with E-state index in [4.69, 9.17) is 4.74 Å². The predicted octanol–water partition coefficient (Wildman–Crippen LogP) is 1.55.